The maximum absolute atomic E-state index is 11.0. The van der Waals surface area contributed by atoms with Crippen LogP contribution in [0.2, 0.25) is 0 Å². The first-order valence-corrected chi connectivity index (χ1v) is 4.73. The van der Waals surface area contributed by atoms with E-state index in [0.717, 1.165) is 16.7 Å². The number of benzene rings is 1. The number of hydrogen-bond donors (Lipinski definition) is 0. The summed E-state index contributed by atoms with van der Waals surface area (Å²) in [6.45, 7) is 7.44. The molecule has 0 spiro atoms. The van der Waals surface area contributed by atoms with Crippen LogP contribution in [0.4, 0.5) is 0 Å². The van der Waals surface area contributed by atoms with Crippen LogP contribution in [-0.4, -0.2) is 5.78 Å². The number of rotatable bonds is 1. The van der Waals surface area contributed by atoms with E-state index in [1.807, 2.05) is 26.8 Å². The summed E-state index contributed by atoms with van der Waals surface area (Å²) >= 11 is 0. The van der Waals surface area contributed by atoms with Crippen molar-refractivity contribution in [3.05, 3.63) is 34.9 Å². The van der Waals surface area contributed by atoms with Gasteiger partial charge in [0, 0.05) is 11.1 Å². The summed E-state index contributed by atoms with van der Waals surface area (Å²) in [6.07, 6.45) is 5.21. The topological polar surface area (TPSA) is 17.1 Å². The van der Waals surface area contributed by atoms with Crippen LogP contribution in [0.1, 0.15) is 42.3 Å². The minimum atomic E-state index is 0.0797. The van der Waals surface area contributed by atoms with Crippen LogP contribution in [0, 0.1) is 19.3 Å². The van der Waals surface area contributed by atoms with Crippen molar-refractivity contribution in [3.8, 4) is 12.3 Å². The highest BCUT2D eigenvalue weighted by Crippen LogP contribution is 2.10. The van der Waals surface area contributed by atoms with E-state index in [9.17, 15) is 4.79 Å². The van der Waals surface area contributed by atoms with E-state index in [-0.39, 0.29) is 5.78 Å². The van der Waals surface area contributed by atoms with Gasteiger partial charge in [0.05, 0.1) is 0 Å². The van der Waals surface area contributed by atoms with E-state index in [1.165, 1.54) is 0 Å². The van der Waals surface area contributed by atoms with Gasteiger partial charge in [-0.25, -0.2) is 0 Å². The molecule has 0 saturated carbocycles. The van der Waals surface area contributed by atoms with Gasteiger partial charge in [-0.15, -0.1) is 6.42 Å². The maximum atomic E-state index is 11.0. The minimum absolute atomic E-state index is 0.0797. The van der Waals surface area contributed by atoms with Crippen LogP contribution >= 0.6 is 0 Å². The second-order valence-electron chi connectivity index (χ2n) is 2.73. The first kappa shape index (κ1) is 12.4. The predicted octanol–water partition coefficient (Wildman–Crippen LogP) is 3.21. The summed E-state index contributed by atoms with van der Waals surface area (Å²) < 4.78 is 0. The standard InChI is InChI=1S/C11H10O.C2H6/c1-4-10-5-6-11(9(3)12)8(2)7-10;1-2/h1,5-7H,2-3H3;1-2H3. The molecule has 0 amide bonds. The SMILES string of the molecule is C#Cc1ccc(C(C)=O)c(C)c1.CC. The Labute approximate surface area is 86.2 Å². The second kappa shape index (κ2) is 5.99. The molecule has 0 heterocycles. The molecule has 0 saturated heterocycles. The minimum Gasteiger partial charge on any atom is -0.295 e. The smallest absolute Gasteiger partial charge is 0.160 e. The molecule has 0 aliphatic heterocycles. The number of ketones is 1. The van der Waals surface area contributed by atoms with Gasteiger partial charge in [-0.05, 0) is 37.6 Å². The molecule has 1 aromatic rings. The van der Waals surface area contributed by atoms with Crippen molar-refractivity contribution in [1.82, 2.24) is 0 Å². The average Bonchev–Trinajstić information content (AvgIpc) is 2.20. The lowest BCUT2D eigenvalue weighted by Gasteiger charge is -2.00. The van der Waals surface area contributed by atoms with Crippen LogP contribution in [0.5, 0.6) is 0 Å². The molecule has 0 fully saturated rings. The van der Waals surface area contributed by atoms with Crippen molar-refractivity contribution in [2.75, 3.05) is 0 Å². The maximum Gasteiger partial charge on any atom is 0.160 e. The fourth-order valence-electron chi connectivity index (χ4n) is 1.15. The Morgan fingerprint density at radius 1 is 1.36 bits per heavy atom. The van der Waals surface area contributed by atoms with Gasteiger partial charge in [-0.3, -0.25) is 4.79 Å². The summed E-state index contributed by atoms with van der Waals surface area (Å²) in [6, 6.07) is 5.40. The van der Waals surface area contributed by atoms with Crippen LogP contribution in [0.15, 0.2) is 18.2 Å². The van der Waals surface area contributed by atoms with Gasteiger partial charge in [0.25, 0.3) is 0 Å². The summed E-state index contributed by atoms with van der Waals surface area (Å²) in [4.78, 5) is 11.0. The van der Waals surface area contributed by atoms with Gasteiger partial charge < -0.3 is 0 Å². The Balaban J connectivity index is 0.000000791. The van der Waals surface area contributed by atoms with Crippen molar-refractivity contribution in [2.45, 2.75) is 27.7 Å². The largest absolute Gasteiger partial charge is 0.295 e. The molecule has 1 heteroatoms. The molecular formula is C13H16O. The van der Waals surface area contributed by atoms with E-state index in [0.29, 0.717) is 0 Å². The lowest BCUT2D eigenvalue weighted by Crippen LogP contribution is -1.95. The van der Waals surface area contributed by atoms with E-state index >= 15 is 0 Å². The molecule has 0 atom stereocenters. The van der Waals surface area contributed by atoms with Crippen molar-refractivity contribution in [3.63, 3.8) is 0 Å². The summed E-state index contributed by atoms with van der Waals surface area (Å²) in [5, 5.41) is 0. The van der Waals surface area contributed by atoms with Gasteiger partial charge in [0.2, 0.25) is 0 Å². The van der Waals surface area contributed by atoms with Gasteiger partial charge in [-0.2, -0.15) is 0 Å². The lowest BCUT2D eigenvalue weighted by atomic mass is 10.0. The van der Waals surface area contributed by atoms with Crippen molar-refractivity contribution >= 4 is 5.78 Å². The highest BCUT2D eigenvalue weighted by molar-refractivity contribution is 5.95. The van der Waals surface area contributed by atoms with E-state index in [2.05, 4.69) is 5.92 Å². The zero-order valence-corrected chi connectivity index (χ0v) is 9.22. The van der Waals surface area contributed by atoms with E-state index in [4.69, 9.17) is 6.42 Å². The third kappa shape index (κ3) is 3.06. The summed E-state index contributed by atoms with van der Waals surface area (Å²) in [5.74, 6) is 2.60. The summed E-state index contributed by atoms with van der Waals surface area (Å²) in [7, 11) is 0. The molecule has 1 nitrogen and oxygen atoms in total. The molecule has 0 radical (unpaired) electrons. The molecular weight excluding hydrogens is 172 g/mol. The van der Waals surface area contributed by atoms with Gasteiger partial charge in [-0.1, -0.05) is 19.8 Å². The van der Waals surface area contributed by atoms with E-state index in [1.54, 1.807) is 19.1 Å². The first-order chi connectivity index (χ1) is 6.65. The van der Waals surface area contributed by atoms with Crippen molar-refractivity contribution in [1.29, 1.82) is 0 Å². The van der Waals surface area contributed by atoms with E-state index < -0.39 is 0 Å². The Morgan fingerprint density at radius 3 is 2.29 bits per heavy atom. The normalized spacial score (nSPS) is 8.21. The number of terminal acetylenes is 1. The monoisotopic (exact) mass is 188 g/mol. The first-order valence-electron chi connectivity index (χ1n) is 4.73. The zero-order chi connectivity index (χ0) is 11.1. The van der Waals surface area contributed by atoms with Crippen LogP contribution in [0.25, 0.3) is 0 Å². The molecule has 0 bridgehead atoms. The van der Waals surface area contributed by atoms with Crippen molar-refractivity contribution < 1.29 is 4.79 Å². The van der Waals surface area contributed by atoms with Gasteiger partial charge in [0.1, 0.15) is 0 Å². The molecule has 0 aromatic heterocycles. The molecule has 74 valence electrons. The molecule has 1 rings (SSSR count). The molecule has 14 heavy (non-hydrogen) atoms. The van der Waals surface area contributed by atoms with Crippen molar-refractivity contribution in [2.24, 2.45) is 0 Å². The number of hydrogen-bond acceptors (Lipinski definition) is 1. The Kier molecular flexibility index (Phi) is 5.33. The fourth-order valence-corrected chi connectivity index (χ4v) is 1.15. The van der Waals surface area contributed by atoms with Crippen LogP contribution in [0.3, 0.4) is 0 Å². The quantitative estimate of drug-likeness (QED) is 0.488. The Morgan fingerprint density at radius 2 is 1.93 bits per heavy atom. The number of carbonyl (C=O) groups is 1. The Bertz CT molecular complexity index is 356. The molecule has 1 aromatic carbocycles. The number of aryl methyl sites for hydroxylation is 1. The van der Waals surface area contributed by atoms with Gasteiger partial charge >= 0.3 is 0 Å². The molecule has 0 unspecified atom stereocenters. The fraction of sp³-hybridized carbons (Fsp3) is 0.308. The average molecular weight is 188 g/mol. The van der Waals surface area contributed by atoms with Crippen LogP contribution < -0.4 is 0 Å². The third-order valence-corrected chi connectivity index (χ3v) is 1.77. The lowest BCUT2D eigenvalue weighted by molar-refractivity contribution is 0.101. The van der Waals surface area contributed by atoms with Gasteiger partial charge in [0.15, 0.2) is 5.78 Å². The molecule has 0 aliphatic carbocycles. The predicted molar refractivity (Wildman–Crippen MR) is 60.5 cm³/mol. The Hall–Kier alpha value is -1.55. The summed E-state index contributed by atoms with van der Waals surface area (Å²) in [5.41, 5.74) is 2.50. The highest BCUT2D eigenvalue weighted by atomic mass is 16.1. The zero-order valence-electron chi connectivity index (χ0n) is 9.22. The van der Waals surface area contributed by atoms with Crippen LogP contribution in [-0.2, 0) is 0 Å². The number of Topliss-reactive ketones (excluding diaryl/α,β-unsaturated/α-hetero) is 1. The second-order valence-corrected chi connectivity index (χ2v) is 2.73. The third-order valence-electron chi connectivity index (χ3n) is 1.77. The number of carbonyl (C=O) groups excluding carboxylic acids is 1. The highest BCUT2D eigenvalue weighted by Gasteiger charge is 2.02. The molecule has 0 aliphatic rings. The molecule has 0 N–H and O–H groups in total.